The highest BCUT2D eigenvalue weighted by molar-refractivity contribution is 6.00. The van der Waals surface area contributed by atoms with E-state index in [4.69, 9.17) is 4.74 Å². The van der Waals surface area contributed by atoms with Gasteiger partial charge < -0.3 is 14.5 Å². The first kappa shape index (κ1) is 19.8. The van der Waals surface area contributed by atoms with Crippen LogP contribution in [0.4, 0.5) is 10.5 Å². The Hall–Kier alpha value is -3.10. The van der Waals surface area contributed by atoms with Crippen molar-refractivity contribution in [2.75, 3.05) is 32.1 Å². The van der Waals surface area contributed by atoms with Crippen molar-refractivity contribution in [3.63, 3.8) is 0 Å². The van der Waals surface area contributed by atoms with Gasteiger partial charge in [0.1, 0.15) is 24.2 Å². The second kappa shape index (κ2) is 7.86. The monoisotopic (exact) mass is 421 g/mol. The van der Waals surface area contributed by atoms with Crippen molar-refractivity contribution in [2.45, 2.75) is 31.5 Å². The van der Waals surface area contributed by atoms with Gasteiger partial charge in [0.05, 0.1) is 13.7 Å². The van der Waals surface area contributed by atoms with E-state index in [9.17, 15) is 9.59 Å². The third-order valence-electron chi connectivity index (χ3n) is 6.46. The van der Waals surface area contributed by atoms with E-state index < -0.39 is 6.04 Å². The van der Waals surface area contributed by atoms with Crippen LogP contribution in [0.2, 0.25) is 0 Å². The lowest BCUT2D eigenvalue weighted by atomic mass is 10.1. The van der Waals surface area contributed by atoms with E-state index >= 15 is 0 Å². The maximum atomic E-state index is 13.5. The predicted molar refractivity (Wildman–Crippen MR) is 116 cm³/mol. The smallest absolute Gasteiger partial charge is 0.328 e. The number of fused-ring (bicyclic) bond motifs is 3. The maximum absolute atomic E-state index is 13.5. The average molecular weight is 422 g/mol. The zero-order valence-electron chi connectivity index (χ0n) is 17.8. The molecule has 5 rings (SSSR count). The Bertz CT molecular complexity index is 967. The molecule has 0 bridgehead atoms. The summed E-state index contributed by atoms with van der Waals surface area (Å²) in [7, 11) is 3.42. The molecule has 31 heavy (non-hydrogen) atoms. The maximum Gasteiger partial charge on any atom is 0.328 e. The second-order valence-corrected chi connectivity index (χ2v) is 8.22. The van der Waals surface area contributed by atoms with E-state index in [1.54, 1.807) is 19.1 Å². The molecule has 8 heteroatoms. The molecule has 0 saturated carbocycles. The molecule has 1 N–H and O–H groups in total. The molecule has 3 saturated heterocycles. The molecule has 0 radical (unpaired) electrons. The highest BCUT2D eigenvalue weighted by Crippen LogP contribution is 2.34. The number of likely N-dealkylation sites (N-methyl/N-ethyl adjacent to an activating group) is 1. The predicted octanol–water partition coefficient (Wildman–Crippen LogP) is 1.88. The molecular formula is C23H27N5O3. The highest BCUT2D eigenvalue weighted by atomic mass is 16.5. The first-order valence-electron chi connectivity index (χ1n) is 10.6. The van der Waals surface area contributed by atoms with Gasteiger partial charge in [0.25, 0.3) is 5.91 Å². The Labute approximate surface area is 182 Å². The summed E-state index contributed by atoms with van der Waals surface area (Å²) in [4.78, 5) is 34.1. The van der Waals surface area contributed by atoms with E-state index in [1.807, 2.05) is 54.6 Å². The summed E-state index contributed by atoms with van der Waals surface area (Å²) in [5.74, 6) is 0.672. The van der Waals surface area contributed by atoms with Crippen LogP contribution in [0.3, 0.4) is 0 Å². The number of hydrogen-bond donors (Lipinski definition) is 1. The topological polar surface area (TPSA) is 68.4 Å². The number of imide groups is 1. The van der Waals surface area contributed by atoms with E-state index in [0.717, 1.165) is 36.5 Å². The number of rotatable bonds is 4. The molecular weight excluding hydrogens is 394 g/mol. The van der Waals surface area contributed by atoms with Crippen LogP contribution in [-0.4, -0.2) is 72.4 Å². The van der Waals surface area contributed by atoms with Gasteiger partial charge >= 0.3 is 6.03 Å². The summed E-state index contributed by atoms with van der Waals surface area (Å²) in [5.41, 5.74) is 2.00. The minimum absolute atomic E-state index is 0.136. The summed E-state index contributed by atoms with van der Waals surface area (Å²) < 4.78 is 5.28. The first-order valence-corrected chi connectivity index (χ1v) is 10.6. The standard InChI is InChI=1S/C23H27N5O3/c1-25-20-19(21(29)28(23(25)30)15-16-7-4-3-5-8-16)27-14-6-13-26(22(27)24-20)17-9-11-18(31-2)12-10-17/h3-5,7-12,19-20,22,24H,6,13-15H2,1-2H3. The Morgan fingerprint density at radius 3 is 2.48 bits per heavy atom. The van der Waals surface area contributed by atoms with Crippen LogP contribution in [0.25, 0.3) is 0 Å². The first-order chi connectivity index (χ1) is 15.1. The molecule has 3 unspecified atom stereocenters. The number of anilines is 1. The largest absolute Gasteiger partial charge is 0.497 e. The Kier molecular flexibility index (Phi) is 5.03. The summed E-state index contributed by atoms with van der Waals surface area (Å²) >= 11 is 0. The minimum atomic E-state index is -0.405. The molecule has 2 aromatic rings. The number of ether oxygens (including phenoxy) is 1. The van der Waals surface area contributed by atoms with E-state index in [2.05, 4.69) is 15.1 Å². The fraction of sp³-hybridized carbons (Fsp3) is 0.391. The third kappa shape index (κ3) is 3.32. The van der Waals surface area contributed by atoms with Crippen LogP contribution >= 0.6 is 0 Å². The number of carbonyl (C=O) groups excluding carboxylic acids is 2. The minimum Gasteiger partial charge on any atom is -0.497 e. The normalized spacial score (nSPS) is 26.1. The molecule has 0 aromatic heterocycles. The zero-order chi connectivity index (χ0) is 21.5. The molecule has 2 aromatic carbocycles. The van der Waals surface area contributed by atoms with Gasteiger partial charge in [-0.05, 0) is 36.2 Å². The van der Waals surface area contributed by atoms with Gasteiger partial charge in [0.15, 0.2) is 0 Å². The van der Waals surface area contributed by atoms with Gasteiger partial charge in [0.2, 0.25) is 0 Å². The quantitative estimate of drug-likeness (QED) is 0.813. The number of amides is 3. The molecule has 3 heterocycles. The molecule has 3 aliphatic heterocycles. The highest BCUT2D eigenvalue weighted by Gasteiger charge is 2.56. The van der Waals surface area contributed by atoms with Gasteiger partial charge in [-0.15, -0.1) is 0 Å². The molecule has 3 fully saturated rings. The Morgan fingerprint density at radius 2 is 1.77 bits per heavy atom. The Balaban J connectivity index is 1.42. The van der Waals surface area contributed by atoms with Crippen LogP contribution in [-0.2, 0) is 11.3 Å². The third-order valence-corrected chi connectivity index (χ3v) is 6.46. The van der Waals surface area contributed by atoms with Gasteiger partial charge in [0, 0.05) is 25.8 Å². The zero-order valence-corrected chi connectivity index (χ0v) is 17.8. The molecule has 0 aliphatic carbocycles. The number of methoxy groups -OCH3 is 1. The van der Waals surface area contributed by atoms with Crippen LogP contribution < -0.4 is 15.0 Å². The molecule has 3 aliphatic rings. The summed E-state index contributed by atoms with van der Waals surface area (Å²) in [5, 5.41) is 3.55. The average Bonchev–Trinajstić information content (AvgIpc) is 3.21. The van der Waals surface area contributed by atoms with Gasteiger partial charge in [-0.3, -0.25) is 19.9 Å². The van der Waals surface area contributed by atoms with Gasteiger partial charge in [-0.25, -0.2) is 4.79 Å². The second-order valence-electron chi connectivity index (χ2n) is 8.22. The Morgan fingerprint density at radius 1 is 1.03 bits per heavy atom. The lowest BCUT2D eigenvalue weighted by Gasteiger charge is -2.43. The van der Waals surface area contributed by atoms with Crippen molar-refractivity contribution < 1.29 is 14.3 Å². The fourth-order valence-electron chi connectivity index (χ4n) is 4.87. The van der Waals surface area contributed by atoms with Crippen LogP contribution in [0.1, 0.15) is 12.0 Å². The summed E-state index contributed by atoms with van der Waals surface area (Å²) in [6.07, 6.45) is 0.445. The van der Waals surface area contributed by atoms with Crippen molar-refractivity contribution in [3.8, 4) is 5.75 Å². The summed E-state index contributed by atoms with van der Waals surface area (Å²) in [6, 6.07) is 16.9. The molecule has 8 nitrogen and oxygen atoms in total. The van der Waals surface area contributed by atoms with Crippen LogP contribution in [0.5, 0.6) is 5.75 Å². The van der Waals surface area contributed by atoms with Gasteiger partial charge in [-0.1, -0.05) is 30.3 Å². The van der Waals surface area contributed by atoms with Gasteiger partial charge in [-0.2, -0.15) is 0 Å². The summed E-state index contributed by atoms with van der Waals surface area (Å²) in [6.45, 7) is 1.96. The lowest BCUT2D eigenvalue weighted by Crippen LogP contribution is -2.66. The van der Waals surface area contributed by atoms with E-state index in [-0.39, 0.29) is 30.9 Å². The van der Waals surface area contributed by atoms with Crippen molar-refractivity contribution in [1.82, 2.24) is 20.0 Å². The van der Waals surface area contributed by atoms with Crippen molar-refractivity contribution in [2.24, 2.45) is 0 Å². The lowest BCUT2D eigenvalue weighted by molar-refractivity contribution is -0.139. The van der Waals surface area contributed by atoms with E-state index in [1.165, 1.54) is 4.90 Å². The number of urea groups is 1. The number of benzene rings is 2. The SMILES string of the molecule is COc1ccc(N2CCCN3C4C(=O)N(Cc5ccccc5)C(=O)N(C)C4NC23)cc1. The number of nitrogens with zero attached hydrogens (tertiary/aromatic N) is 4. The number of carbonyl (C=O) groups is 2. The number of nitrogens with one attached hydrogen (secondary N) is 1. The molecule has 3 atom stereocenters. The molecule has 162 valence electrons. The van der Waals surface area contributed by atoms with Crippen molar-refractivity contribution in [1.29, 1.82) is 0 Å². The van der Waals surface area contributed by atoms with Crippen LogP contribution in [0.15, 0.2) is 54.6 Å². The van der Waals surface area contributed by atoms with Crippen LogP contribution in [0, 0.1) is 0 Å². The fourth-order valence-corrected chi connectivity index (χ4v) is 4.87. The molecule has 3 amide bonds. The molecule has 0 spiro atoms. The van der Waals surface area contributed by atoms with Crippen molar-refractivity contribution in [3.05, 3.63) is 60.2 Å². The van der Waals surface area contributed by atoms with E-state index in [0.29, 0.717) is 0 Å². The number of hydrogen-bond acceptors (Lipinski definition) is 6. The van der Waals surface area contributed by atoms with Crippen molar-refractivity contribution >= 4 is 17.6 Å².